The molecule has 0 aromatic carbocycles. The van der Waals surface area contributed by atoms with Crippen LogP contribution in [0, 0.1) is 0 Å². The van der Waals surface area contributed by atoms with Crippen molar-refractivity contribution < 1.29 is 12.9 Å². The van der Waals surface area contributed by atoms with Crippen LogP contribution >= 0.6 is 11.3 Å². The Morgan fingerprint density at radius 3 is 2.84 bits per heavy atom. The molecule has 5 nitrogen and oxygen atoms in total. The van der Waals surface area contributed by atoms with Gasteiger partial charge in [-0.2, -0.15) is 11.3 Å². The minimum absolute atomic E-state index is 0.0912. The molecular weight excluding hydrogens is 284 g/mol. The largest absolute Gasteiger partial charge is 0.364 e. The molecule has 0 aliphatic carbocycles. The summed E-state index contributed by atoms with van der Waals surface area (Å²) in [5.74, 6) is -0.131. The van der Waals surface area contributed by atoms with E-state index in [1.54, 1.807) is 24.5 Å². The van der Waals surface area contributed by atoms with Crippen molar-refractivity contribution in [2.24, 2.45) is 0 Å². The van der Waals surface area contributed by atoms with E-state index in [2.05, 4.69) is 9.68 Å². The minimum atomic E-state index is -3.37. The fourth-order valence-corrected chi connectivity index (χ4v) is 3.78. The van der Waals surface area contributed by atoms with Crippen molar-refractivity contribution in [1.82, 2.24) is 9.46 Å². The van der Waals surface area contributed by atoms with E-state index < -0.39 is 10.0 Å². The van der Waals surface area contributed by atoms with E-state index in [1.807, 2.05) is 23.8 Å². The van der Waals surface area contributed by atoms with Crippen LogP contribution in [0.15, 0.2) is 33.7 Å². The quantitative estimate of drug-likeness (QED) is 0.820. The van der Waals surface area contributed by atoms with Crippen LogP contribution < -0.4 is 0 Å². The van der Waals surface area contributed by atoms with Crippen molar-refractivity contribution >= 4 is 21.4 Å². The number of aromatic nitrogens is 1. The first-order valence-electron chi connectivity index (χ1n) is 5.85. The first-order chi connectivity index (χ1) is 8.99. The third-order valence-corrected chi connectivity index (χ3v) is 5.62. The van der Waals surface area contributed by atoms with Gasteiger partial charge >= 0.3 is 0 Å². The van der Waals surface area contributed by atoms with E-state index in [1.165, 1.54) is 10.6 Å². The second kappa shape index (κ2) is 5.85. The topological polar surface area (TPSA) is 63.4 Å². The smallest absolute Gasteiger partial charge is 0.219 e. The predicted octanol–water partition coefficient (Wildman–Crippen LogP) is 2.13. The molecule has 2 rings (SSSR count). The molecule has 0 saturated heterocycles. The van der Waals surface area contributed by atoms with Crippen molar-refractivity contribution in [1.29, 1.82) is 0 Å². The Hall–Kier alpha value is -1.18. The van der Waals surface area contributed by atoms with Crippen LogP contribution in [0.25, 0.3) is 0 Å². The van der Waals surface area contributed by atoms with Crippen molar-refractivity contribution in [2.75, 3.05) is 7.05 Å². The molecule has 0 fully saturated rings. The van der Waals surface area contributed by atoms with Crippen molar-refractivity contribution in [3.63, 3.8) is 0 Å². The van der Waals surface area contributed by atoms with Crippen LogP contribution in [-0.2, 0) is 22.2 Å². The van der Waals surface area contributed by atoms with E-state index in [9.17, 15) is 8.42 Å². The molecule has 0 radical (unpaired) electrons. The summed E-state index contributed by atoms with van der Waals surface area (Å²) in [6.07, 6.45) is 2.08. The lowest BCUT2D eigenvalue weighted by molar-refractivity contribution is 0.383. The van der Waals surface area contributed by atoms with Crippen LogP contribution in [0.3, 0.4) is 0 Å². The van der Waals surface area contributed by atoms with Gasteiger partial charge in [-0.3, -0.25) is 0 Å². The molecule has 2 aromatic heterocycles. The molecule has 1 atom stereocenters. The minimum Gasteiger partial charge on any atom is -0.364 e. The number of hydrogen-bond donors (Lipinski definition) is 0. The molecule has 0 unspecified atom stereocenters. The van der Waals surface area contributed by atoms with Crippen LogP contribution in [0.2, 0.25) is 0 Å². The maximum Gasteiger partial charge on any atom is 0.219 e. The molecule has 2 aromatic rings. The Balaban J connectivity index is 2.03. The van der Waals surface area contributed by atoms with Crippen molar-refractivity contribution in [2.45, 2.75) is 25.1 Å². The summed E-state index contributed by atoms with van der Waals surface area (Å²) < 4.78 is 30.5. The van der Waals surface area contributed by atoms with Crippen LogP contribution in [0.5, 0.6) is 0 Å². The van der Waals surface area contributed by atoms with Gasteiger partial charge in [-0.25, -0.2) is 12.7 Å². The van der Waals surface area contributed by atoms with E-state index in [4.69, 9.17) is 0 Å². The predicted molar refractivity (Wildman–Crippen MR) is 74.4 cm³/mol. The first-order valence-corrected chi connectivity index (χ1v) is 8.40. The van der Waals surface area contributed by atoms with Gasteiger partial charge in [0.1, 0.15) is 12.0 Å². The summed E-state index contributed by atoms with van der Waals surface area (Å²) in [5, 5.41) is 7.67. The van der Waals surface area contributed by atoms with E-state index in [-0.39, 0.29) is 11.8 Å². The van der Waals surface area contributed by atoms with E-state index >= 15 is 0 Å². The Bertz CT molecular complexity index is 591. The number of likely N-dealkylation sites (N-methyl/N-ethyl adjacent to an activating group) is 1. The summed E-state index contributed by atoms with van der Waals surface area (Å²) in [7, 11) is -1.77. The summed E-state index contributed by atoms with van der Waals surface area (Å²) in [6.45, 7) is 1.90. The van der Waals surface area contributed by atoms with E-state index in [0.717, 1.165) is 5.56 Å². The van der Waals surface area contributed by atoms with Gasteiger partial charge in [0.05, 0.1) is 5.69 Å². The molecule has 2 heterocycles. The summed E-state index contributed by atoms with van der Waals surface area (Å²) in [5.41, 5.74) is 1.58. The fraction of sp³-hybridized carbons (Fsp3) is 0.417. The number of nitrogens with zero attached hydrogens (tertiary/aromatic N) is 2. The Kier molecular flexibility index (Phi) is 4.38. The molecule has 0 bridgehead atoms. The highest BCUT2D eigenvalue weighted by Crippen LogP contribution is 2.15. The maximum atomic E-state index is 12.2. The van der Waals surface area contributed by atoms with Gasteiger partial charge in [-0.15, -0.1) is 0 Å². The Morgan fingerprint density at radius 2 is 2.26 bits per heavy atom. The summed E-state index contributed by atoms with van der Waals surface area (Å²) in [4.78, 5) is 0. The first kappa shape index (κ1) is 14.2. The Morgan fingerprint density at radius 1 is 1.47 bits per heavy atom. The number of thiophene rings is 1. The third-order valence-electron chi connectivity index (χ3n) is 2.99. The van der Waals surface area contributed by atoms with Crippen molar-refractivity contribution in [3.8, 4) is 0 Å². The van der Waals surface area contributed by atoms with E-state index in [0.29, 0.717) is 12.1 Å². The molecule has 7 heteroatoms. The molecule has 19 heavy (non-hydrogen) atoms. The average molecular weight is 300 g/mol. The van der Waals surface area contributed by atoms with Gasteiger partial charge in [0.15, 0.2) is 0 Å². The van der Waals surface area contributed by atoms with Gasteiger partial charge in [-0.1, -0.05) is 5.16 Å². The van der Waals surface area contributed by atoms with Crippen LogP contribution in [0.1, 0.15) is 18.2 Å². The zero-order valence-electron chi connectivity index (χ0n) is 10.8. The lowest BCUT2D eigenvalue weighted by atomic mass is 10.1. The molecule has 0 N–H and O–H groups in total. The molecule has 104 valence electrons. The number of hydrogen-bond acceptors (Lipinski definition) is 5. The third kappa shape index (κ3) is 3.65. The average Bonchev–Trinajstić information content (AvgIpc) is 3.00. The highest BCUT2D eigenvalue weighted by Gasteiger charge is 2.24. The molecule has 0 amide bonds. The number of rotatable bonds is 6. The van der Waals surface area contributed by atoms with Gasteiger partial charge in [0, 0.05) is 19.2 Å². The highest BCUT2D eigenvalue weighted by atomic mass is 32.2. The molecular formula is C12H16N2O3S2. The molecule has 0 aliphatic heterocycles. The SMILES string of the molecule is C[C@H](Cc1ccsc1)N(C)S(=O)(=O)Cc1ccon1. The lowest BCUT2D eigenvalue weighted by Crippen LogP contribution is -2.37. The summed E-state index contributed by atoms with van der Waals surface area (Å²) in [6, 6.07) is 3.49. The standard InChI is InChI=1S/C12H16N2O3S2/c1-10(7-11-4-6-18-8-11)14(2)19(15,16)9-12-3-5-17-13-12/h3-6,8,10H,7,9H2,1-2H3/t10-/m1/s1. The molecule has 0 spiro atoms. The fourth-order valence-electron chi connectivity index (χ4n) is 1.75. The van der Waals surface area contributed by atoms with Crippen LogP contribution in [0.4, 0.5) is 0 Å². The zero-order chi connectivity index (χ0) is 13.9. The molecule has 0 saturated carbocycles. The Labute approximate surface area is 116 Å². The lowest BCUT2D eigenvalue weighted by Gasteiger charge is -2.23. The van der Waals surface area contributed by atoms with Gasteiger partial charge in [-0.05, 0) is 35.7 Å². The monoisotopic (exact) mass is 300 g/mol. The van der Waals surface area contributed by atoms with Gasteiger partial charge in [0.2, 0.25) is 10.0 Å². The highest BCUT2D eigenvalue weighted by molar-refractivity contribution is 7.88. The van der Waals surface area contributed by atoms with Gasteiger partial charge < -0.3 is 4.52 Å². The zero-order valence-corrected chi connectivity index (χ0v) is 12.4. The normalized spacial score (nSPS) is 13.8. The second-order valence-corrected chi connectivity index (χ2v) is 7.26. The maximum absolute atomic E-state index is 12.2. The number of sulfonamides is 1. The summed E-state index contributed by atoms with van der Waals surface area (Å²) >= 11 is 1.61. The molecule has 0 aliphatic rings. The second-order valence-electron chi connectivity index (χ2n) is 4.45. The van der Waals surface area contributed by atoms with Crippen LogP contribution in [-0.4, -0.2) is 31.0 Å². The van der Waals surface area contributed by atoms with Crippen molar-refractivity contribution in [3.05, 3.63) is 40.4 Å². The van der Waals surface area contributed by atoms with Gasteiger partial charge in [0.25, 0.3) is 0 Å².